The van der Waals surface area contributed by atoms with Crippen molar-refractivity contribution in [1.82, 2.24) is 4.57 Å². The predicted molar refractivity (Wildman–Crippen MR) is 51.9 cm³/mol. The molecule has 0 aliphatic heterocycles. The number of benzene rings is 1. The minimum absolute atomic E-state index is 0.890. The molecule has 3 N–H and O–H groups in total. The molecule has 2 aromatic rings. The second-order valence-electron chi connectivity index (χ2n) is 3.07. The maximum atomic E-state index is 5.42. The highest BCUT2D eigenvalue weighted by molar-refractivity contribution is 5.73. The van der Waals surface area contributed by atoms with Gasteiger partial charge in [-0.2, -0.15) is 5.84 Å². The molecule has 1 aromatic heterocycles. The zero-order chi connectivity index (χ0) is 9.42. The van der Waals surface area contributed by atoms with E-state index in [4.69, 9.17) is 5.84 Å². The fourth-order valence-electron chi connectivity index (χ4n) is 1.68. The van der Waals surface area contributed by atoms with E-state index in [-0.39, 0.29) is 0 Å². The van der Waals surface area contributed by atoms with E-state index >= 15 is 0 Å². The number of hydrogen-bond acceptors (Lipinski definition) is 2. The Morgan fingerprint density at radius 1 is 1.38 bits per heavy atom. The number of anilines is 1. The van der Waals surface area contributed by atoms with Crippen LogP contribution in [0.2, 0.25) is 0 Å². The van der Waals surface area contributed by atoms with Gasteiger partial charge in [-0.05, 0) is 12.1 Å². The lowest BCUT2D eigenvalue weighted by Gasteiger charge is -1.93. The summed E-state index contributed by atoms with van der Waals surface area (Å²) in [6.45, 7) is 0. The van der Waals surface area contributed by atoms with Crippen molar-refractivity contribution in [3.63, 3.8) is 0 Å². The number of hydrogen-bond donors (Lipinski definition) is 2. The normalized spacial score (nSPS) is 10.7. The highest BCUT2D eigenvalue weighted by atomic mass is 15.4. The third-order valence-electron chi connectivity index (χ3n) is 2.37. The van der Waals surface area contributed by atoms with E-state index < -0.39 is 0 Å². The average molecular weight is 177 g/mol. The Kier molecular flexibility index (Phi) is 1.70. The number of rotatable bonds is 1. The molecular weight excluding hydrogens is 164 g/mol. The van der Waals surface area contributed by atoms with Gasteiger partial charge >= 0.3 is 5.95 Å². The fraction of sp³-hybridized carbons (Fsp3) is 0.222. The summed E-state index contributed by atoms with van der Waals surface area (Å²) in [4.78, 5) is 0. The number of nitrogen functional groups attached to an aromatic ring is 1. The van der Waals surface area contributed by atoms with Gasteiger partial charge in [0.1, 0.15) is 11.0 Å². The summed E-state index contributed by atoms with van der Waals surface area (Å²) in [5.41, 5.74) is 5.01. The minimum Gasteiger partial charge on any atom is -0.229 e. The molecule has 0 atom stereocenters. The van der Waals surface area contributed by atoms with Gasteiger partial charge in [0.05, 0.1) is 14.1 Å². The van der Waals surface area contributed by atoms with Crippen LogP contribution in [0.1, 0.15) is 0 Å². The van der Waals surface area contributed by atoms with E-state index in [1.54, 1.807) is 0 Å². The predicted octanol–water partition coefficient (Wildman–Crippen LogP) is 0.288. The summed E-state index contributed by atoms with van der Waals surface area (Å²) in [5, 5.41) is 0. The Labute approximate surface area is 76.6 Å². The molecular formula is C9H13N4+. The van der Waals surface area contributed by atoms with Crippen LogP contribution in [0.5, 0.6) is 0 Å². The van der Waals surface area contributed by atoms with Gasteiger partial charge in [-0.1, -0.05) is 12.1 Å². The Morgan fingerprint density at radius 2 is 2.08 bits per heavy atom. The Hall–Kier alpha value is -1.55. The highest BCUT2D eigenvalue weighted by Gasteiger charge is 2.16. The first kappa shape index (κ1) is 8.07. The van der Waals surface area contributed by atoms with Gasteiger partial charge in [0, 0.05) is 0 Å². The number of para-hydroxylation sites is 2. The van der Waals surface area contributed by atoms with Crippen LogP contribution in [0.15, 0.2) is 24.3 Å². The number of hydrazine groups is 1. The van der Waals surface area contributed by atoms with Crippen LogP contribution < -0.4 is 15.8 Å². The van der Waals surface area contributed by atoms with Crippen molar-refractivity contribution in [3.8, 4) is 0 Å². The largest absolute Gasteiger partial charge is 0.374 e. The van der Waals surface area contributed by atoms with Crippen LogP contribution in [0, 0.1) is 0 Å². The van der Waals surface area contributed by atoms with Crippen molar-refractivity contribution >= 4 is 17.0 Å². The first-order chi connectivity index (χ1) is 6.25. The molecule has 0 fully saturated rings. The Morgan fingerprint density at radius 3 is 2.69 bits per heavy atom. The summed E-state index contributed by atoms with van der Waals surface area (Å²) < 4.78 is 4.05. The number of fused-ring (bicyclic) bond motifs is 1. The Bertz CT molecular complexity index is 405. The molecule has 0 radical (unpaired) electrons. The lowest BCUT2D eigenvalue weighted by atomic mass is 10.3. The van der Waals surface area contributed by atoms with E-state index in [2.05, 4.69) is 17.6 Å². The summed E-state index contributed by atoms with van der Waals surface area (Å²) in [6.07, 6.45) is 0. The summed E-state index contributed by atoms with van der Waals surface area (Å²) in [6, 6.07) is 8.16. The third-order valence-corrected chi connectivity index (χ3v) is 2.37. The fourth-order valence-corrected chi connectivity index (χ4v) is 1.68. The molecule has 2 rings (SSSR count). The van der Waals surface area contributed by atoms with Crippen LogP contribution >= 0.6 is 0 Å². The van der Waals surface area contributed by atoms with Crippen LogP contribution in [0.25, 0.3) is 11.0 Å². The van der Waals surface area contributed by atoms with Crippen molar-refractivity contribution in [1.29, 1.82) is 0 Å². The lowest BCUT2D eigenvalue weighted by Crippen LogP contribution is -2.33. The van der Waals surface area contributed by atoms with Gasteiger partial charge in [0.2, 0.25) is 0 Å². The van der Waals surface area contributed by atoms with Gasteiger partial charge in [-0.25, -0.2) is 14.6 Å². The zero-order valence-electron chi connectivity index (χ0n) is 7.78. The maximum absolute atomic E-state index is 5.42. The summed E-state index contributed by atoms with van der Waals surface area (Å²) in [5.74, 6) is 6.31. The van der Waals surface area contributed by atoms with Gasteiger partial charge in [-0.15, -0.1) is 0 Å². The molecule has 0 aliphatic rings. The number of imidazole rings is 1. The molecule has 0 unspecified atom stereocenters. The monoisotopic (exact) mass is 177 g/mol. The van der Waals surface area contributed by atoms with Crippen molar-refractivity contribution in [2.75, 3.05) is 5.43 Å². The number of aromatic nitrogens is 2. The molecule has 4 nitrogen and oxygen atoms in total. The van der Waals surface area contributed by atoms with E-state index in [1.807, 2.05) is 35.4 Å². The van der Waals surface area contributed by atoms with E-state index in [0.29, 0.717) is 0 Å². The molecule has 0 saturated carbocycles. The van der Waals surface area contributed by atoms with E-state index in [9.17, 15) is 0 Å². The smallest absolute Gasteiger partial charge is 0.229 e. The average Bonchev–Trinajstić information content (AvgIpc) is 2.41. The van der Waals surface area contributed by atoms with Crippen LogP contribution in [0.3, 0.4) is 0 Å². The number of nitrogens with zero attached hydrogens (tertiary/aromatic N) is 2. The summed E-state index contributed by atoms with van der Waals surface area (Å²) >= 11 is 0. The molecule has 68 valence electrons. The standard InChI is InChI=1S/C9H12N4/c1-12-7-5-3-4-6-8(7)13(2)9(12)11-10/h3-6H,10H2,1-2H3/p+1. The second kappa shape index (κ2) is 2.74. The number of nitrogens with two attached hydrogens (primary N) is 1. The molecule has 13 heavy (non-hydrogen) atoms. The molecule has 0 bridgehead atoms. The molecule has 0 saturated heterocycles. The zero-order valence-corrected chi connectivity index (χ0v) is 7.78. The summed E-state index contributed by atoms with van der Waals surface area (Å²) in [7, 11) is 3.97. The molecule has 4 heteroatoms. The topological polar surface area (TPSA) is 46.9 Å². The number of aryl methyl sites for hydroxylation is 2. The molecule has 0 spiro atoms. The highest BCUT2D eigenvalue weighted by Crippen LogP contribution is 2.13. The minimum atomic E-state index is 0.890. The second-order valence-corrected chi connectivity index (χ2v) is 3.07. The van der Waals surface area contributed by atoms with Gasteiger partial charge in [0.15, 0.2) is 0 Å². The first-order valence-electron chi connectivity index (χ1n) is 4.15. The number of nitrogens with one attached hydrogen (secondary N) is 1. The molecule has 1 aromatic carbocycles. The SMILES string of the molecule is Cn1c(NN)[n+](C)c2ccccc21. The first-order valence-corrected chi connectivity index (χ1v) is 4.15. The van der Waals surface area contributed by atoms with Crippen LogP contribution in [-0.4, -0.2) is 4.57 Å². The van der Waals surface area contributed by atoms with Gasteiger partial charge in [0.25, 0.3) is 0 Å². The van der Waals surface area contributed by atoms with Gasteiger partial charge < -0.3 is 0 Å². The molecule has 0 aliphatic carbocycles. The van der Waals surface area contributed by atoms with Gasteiger partial charge in [-0.3, -0.25) is 0 Å². The lowest BCUT2D eigenvalue weighted by molar-refractivity contribution is -0.630. The van der Waals surface area contributed by atoms with Crippen molar-refractivity contribution < 1.29 is 4.57 Å². The van der Waals surface area contributed by atoms with Crippen molar-refractivity contribution in [2.45, 2.75) is 0 Å². The van der Waals surface area contributed by atoms with Crippen molar-refractivity contribution in [3.05, 3.63) is 24.3 Å². The third kappa shape index (κ3) is 0.990. The van der Waals surface area contributed by atoms with Crippen LogP contribution in [-0.2, 0) is 14.1 Å². The van der Waals surface area contributed by atoms with Crippen LogP contribution in [0.4, 0.5) is 5.95 Å². The van der Waals surface area contributed by atoms with E-state index in [1.165, 1.54) is 0 Å². The maximum Gasteiger partial charge on any atom is 0.374 e. The van der Waals surface area contributed by atoms with E-state index in [0.717, 1.165) is 17.0 Å². The molecule has 1 heterocycles. The quantitative estimate of drug-likeness (QED) is 0.373. The Balaban J connectivity index is 2.88. The van der Waals surface area contributed by atoms with Crippen molar-refractivity contribution in [2.24, 2.45) is 19.9 Å². The molecule has 0 amide bonds.